The Morgan fingerprint density at radius 2 is 1.90 bits per heavy atom. The van der Waals surface area contributed by atoms with Crippen LogP contribution in [-0.4, -0.2) is 31.1 Å². The van der Waals surface area contributed by atoms with Crippen molar-refractivity contribution in [1.29, 1.82) is 0 Å². The number of nitrogens with zero attached hydrogens (tertiary/aromatic N) is 1. The Morgan fingerprint density at radius 1 is 1.17 bits per heavy atom. The van der Waals surface area contributed by atoms with E-state index < -0.39 is 42.1 Å². The fraction of sp³-hybridized carbons (Fsp3) is 0.263. The largest absolute Gasteiger partial charge is 0.482 e. The molecule has 29 heavy (non-hydrogen) atoms. The number of benzene rings is 2. The molecular formula is C19H15F5N2O3. The first-order valence-electron chi connectivity index (χ1n) is 8.49. The number of anilines is 2. The molecule has 1 unspecified atom stereocenters. The molecule has 0 bridgehead atoms. The van der Waals surface area contributed by atoms with E-state index in [9.17, 15) is 31.5 Å². The number of para-hydroxylation sites is 2. The van der Waals surface area contributed by atoms with E-state index in [0.29, 0.717) is 6.07 Å². The van der Waals surface area contributed by atoms with Crippen molar-refractivity contribution >= 4 is 23.2 Å². The molecule has 0 aromatic heterocycles. The smallest absolute Gasteiger partial charge is 0.422 e. The summed E-state index contributed by atoms with van der Waals surface area (Å²) >= 11 is 0. The van der Waals surface area contributed by atoms with Crippen LogP contribution in [0, 0.1) is 17.6 Å². The third-order valence-corrected chi connectivity index (χ3v) is 4.23. The Kier molecular flexibility index (Phi) is 5.71. The van der Waals surface area contributed by atoms with Crippen LogP contribution in [0.5, 0.6) is 5.75 Å². The summed E-state index contributed by atoms with van der Waals surface area (Å²) in [6, 6.07) is 8.29. The third kappa shape index (κ3) is 5.01. The lowest BCUT2D eigenvalue weighted by Crippen LogP contribution is -2.29. The quantitative estimate of drug-likeness (QED) is 0.756. The monoisotopic (exact) mass is 414 g/mol. The van der Waals surface area contributed by atoms with Crippen LogP contribution in [-0.2, 0) is 9.59 Å². The zero-order chi connectivity index (χ0) is 21.2. The minimum atomic E-state index is -4.55. The average molecular weight is 414 g/mol. The molecule has 0 radical (unpaired) electrons. The first-order valence-corrected chi connectivity index (χ1v) is 8.49. The lowest BCUT2D eigenvalue weighted by atomic mass is 10.1. The molecule has 10 heteroatoms. The minimum absolute atomic E-state index is 0.0145. The fourth-order valence-electron chi connectivity index (χ4n) is 2.91. The summed E-state index contributed by atoms with van der Waals surface area (Å²) in [5.41, 5.74) is -0.138. The van der Waals surface area contributed by atoms with E-state index in [0.717, 1.165) is 17.0 Å². The van der Waals surface area contributed by atoms with Gasteiger partial charge in [-0.15, -0.1) is 0 Å². The van der Waals surface area contributed by atoms with E-state index >= 15 is 0 Å². The highest BCUT2D eigenvalue weighted by molar-refractivity contribution is 6.04. The van der Waals surface area contributed by atoms with Crippen molar-refractivity contribution in [2.24, 2.45) is 5.92 Å². The predicted octanol–water partition coefficient (Wildman–Crippen LogP) is 3.90. The van der Waals surface area contributed by atoms with E-state index in [1.54, 1.807) is 0 Å². The molecule has 3 rings (SSSR count). The second kappa shape index (κ2) is 8.06. The molecule has 2 aromatic carbocycles. The zero-order valence-electron chi connectivity index (χ0n) is 14.8. The van der Waals surface area contributed by atoms with Crippen LogP contribution in [0.15, 0.2) is 42.5 Å². The average Bonchev–Trinajstić information content (AvgIpc) is 3.02. The Hall–Kier alpha value is -3.17. The molecule has 5 nitrogen and oxygen atoms in total. The molecule has 1 saturated heterocycles. The van der Waals surface area contributed by atoms with Gasteiger partial charge in [0.15, 0.2) is 6.61 Å². The molecule has 0 aliphatic carbocycles. The van der Waals surface area contributed by atoms with Crippen LogP contribution < -0.4 is 15.0 Å². The Morgan fingerprint density at radius 3 is 2.59 bits per heavy atom. The van der Waals surface area contributed by atoms with Gasteiger partial charge in [0.2, 0.25) is 11.8 Å². The van der Waals surface area contributed by atoms with Crippen molar-refractivity contribution in [2.75, 3.05) is 23.4 Å². The second-order valence-electron chi connectivity index (χ2n) is 6.39. The molecule has 2 aromatic rings. The number of hydrogen-bond donors (Lipinski definition) is 1. The van der Waals surface area contributed by atoms with Gasteiger partial charge in [-0.25, -0.2) is 8.78 Å². The molecule has 1 aliphatic rings. The number of carbonyl (C=O) groups excluding carboxylic acids is 2. The van der Waals surface area contributed by atoms with Crippen LogP contribution in [0.2, 0.25) is 0 Å². The molecule has 154 valence electrons. The number of nitrogens with one attached hydrogen (secondary N) is 1. The molecular weight excluding hydrogens is 399 g/mol. The first kappa shape index (κ1) is 20.6. The summed E-state index contributed by atoms with van der Waals surface area (Å²) < 4.78 is 68.8. The first-order chi connectivity index (χ1) is 13.6. The van der Waals surface area contributed by atoms with Gasteiger partial charge in [-0.3, -0.25) is 9.59 Å². The van der Waals surface area contributed by atoms with E-state index in [1.165, 1.54) is 24.3 Å². The lowest BCUT2D eigenvalue weighted by Gasteiger charge is -2.18. The maximum Gasteiger partial charge on any atom is 0.422 e. The van der Waals surface area contributed by atoms with Crippen LogP contribution >= 0.6 is 0 Å². The summed E-state index contributed by atoms with van der Waals surface area (Å²) in [7, 11) is 0. The third-order valence-electron chi connectivity index (χ3n) is 4.23. The number of alkyl halides is 3. The highest BCUT2D eigenvalue weighted by Gasteiger charge is 2.36. The Balaban J connectivity index is 1.70. The number of rotatable bonds is 5. The van der Waals surface area contributed by atoms with Crippen LogP contribution in [0.3, 0.4) is 0 Å². The molecule has 1 aliphatic heterocycles. The summed E-state index contributed by atoms with van der Waals surface area (Å²) in [4.78, 5) is 25.7. The van der Waals surface area contributed by atoms with Crippen molar-refractivity contribution in [3.63, 3.8) is 0 Å². The predicted molar refractivity (Wildman–Crippen MR) is 93.4 cm³/mol. The standard InChI is InChI=1S/C19H15F5N2O3/c20-12-5-6-15(13(21)8-12)26-9-11(7-17(26)27)18(28)25-14-3-1-2-4-16(14)29-10-19(22,23)24/h1-6,8,11H,7,9-10H2,(H,25,28). The van der Waals surface area contributed by atoms with Gasteiger partial charge in [0, 0.05) is 19.0 Å². The number of hydrogen-bond acceptors (Lipinski definition) is 3. The van der Waals surface area contributed by atoms with Gasteiger partial charge in [0.1, 0.15) is 17.4 Å². The summed E-state index contributed by atoms with van der Waals surface area (Å²) in [5.74, 6) is -3.96. The van der Waals surface area contributed by atoms with E-state index in [4.69, 9.17) is 4.74 Å². The SMILES string of the molecule is O=C(Nc1ccccc1OCC(F)(F)F)C1CC(=O)N(c2ccc(F)cc2F)C1. The second-order valence-corrected chi connectivity index (χ2v) is 6.39. The Bertz CT molecular complexity index is 932. The highest BCUT2D eigenvalue weighted by atomic mass is 19.4. The summed E-state index contributed by atoms with van der Waals surface area (Å²) in [5, 5.41) is 2.44. The van der Waals surface area contributed by atoms with Crippen molar-refractivity contribution in [1.82, 2.24) is 0 Å². The van der Waals surface area contributed by atoms with Crippen molar-refractivity contribution in [3.8, 4) is 5.75 Å². The summed E-state index contributed by atoms with van der Waals surface area (Å²) in [6.45, 7) is -1.68. The Labute approximate surface area is 162 Å². The van der Waals surface area contributed by atoms with Gasteiger partial charge in [-0.05, 0) is 24.3 Å². The minimum Gasteiger partial charge on any atom is -0.482 e. The number of amides is 2. The van der Waals surface area contributed by atoms with Crippen LogP contribution in [0.1, 0.15) is 6.42 Å². The zero-order valence-corrected chi connectivity index (χ0v) is 14.8. The number of carbonyl (C=O) groups is 2. The molecule has 0 saturated carbocycles. The van der Waals surface area contributed by atoms with E-state index in [1.807, 2.05) is 0 Å². The van der Waals surface area contributed by atoms with Gasteiger partial charge in [0.05, 0.1) is 17.3 Å². The molecule has 1 atom stereocenters. The van der Waals surface area contributed by atoms with Crippen molar-refractivity contribution in [2.45, 2.75) is 12.6 Å². The summed E-state index contributed by atoms with van der Waals surface area (Å²) in [6.07, 6.45) is -4.77. The molecule has 1 heterocycles. The lowest BCUT2D eigenvalue weighted by molar-refractivity contribution is -0.153. The number of halogens is 5. The van der Waals surface area contributed by atoms with Gasteiger partial charge >= 0.3 is 6.18 Å². The van der Waals surface area contributed by atoms with Crippen LogP contribution in [0.25, 0.3) is 0 Å². The maximum absolute atomic E-state index is 13.9. The van der Waals surface area contributed by atoms with Gasteiger partial charge in [-0.2, -0.15) is 13.2 Å². The van der Waals surface area contributed by atoms with Crippen LogP contribution in [0.4, 0.5) is 33.3 Å². The van der Waals surface area contributed by atoms with Crippen molar-refractivity contribution in [3.05, 3.63) is 54.1 Å². The molecule has 0 spiro atoms. The van der Waals surface area contributed by atoms with Gasteiger partial charge in [-0.1, -0.05) is 12.1 Å². The van der Waals surface area contributed by atoms with Crippen molar-refractivity contribution < 1.29 is 36.3 Å². The van der Waals surface area contributed by atoms with E-state index in [-0.39, 0.29) is 30.1 Å². The fourth-order valence-corrected chi connectivity index (χ4v) is 2.91. The van der Waals surface area contributed by atoms with E-state index in [2.05, 4.69) is 5.32 Å². The molecule has 2 amide bonds. The number of ether oxygens (including phenoxy) is 1. The maximum atomic E-state index is 13.9. The van der Waals surface area contributed by atoms with Gasteiger partial charge < -0.3 is 15.0 Å². The molecule has 1 N–H and O–H groups in total. The van der Waals surface area contributed by atoms with Gasteiger partial charge in [0.25, 0.3) is 0 Å². The topological polar surface area (TPSA) is 58.6 Å². The highest BCUT2D eigenvalue weighted by Crippen LogP contribution is 2.30. The normalized spacial score (nSPS) is 16.8. The molecule has 1 fully saturated rings.